The van der Waals surface area contributed by atoms with E-state index < -0.39 is 5.97 Å². The summed E-state index contributed by atoms with van der Waals surface area (Å²) in [6.45, 7) is 0. The smallest absolute Gasteiger partial charge is 0.331 e. The molecule has 3 aliphatic carbocycles. The van der Waals surface area contributed by atoms with Gasteiger partial charge in [0.1, 0.15) is 0 Å². The summed E-state index contributed by atoms with van der Waals surface area (Å²) in [5.74, 6) is 0.769. The second-order valence-corrected chi connectivity index (χ2v) is 3.95. The molecule has 0 aliphatic heterocycles. The molecule has 66 valence electrons. The molecule has 1 N–H and O–H groups in total. The molecule has 2 heteroatoms. The standard InChI is InChI=1S/C11H10O2/c12-11(13)9-5-7-2-1-6-3-4-8(9)10(6)7/h1-8,10H,(H,12,13)/t6-,7+,8-,10-/m0/s1. The monoisotopic (exact) mass is 174 g/mol. The molecule has 0 saturated carbocycles. The van der Waals surface area contributed by atoms with Crippen LogP contribution in [0.5, 0.6) is 0 Å². The van der Waals surface area contributed by atoms with Gasteiger partial charge in [-0.15, -0.1) is 0 Å². The van der Waals surface area contributed by atoms with Gasteiger partial charge in [-0.05, 0) is 11.8 Å². The fraction of sp³-hybridized carbons (Fsp3) is 0.364. The third-order valence-corrected chi connectivity index (χ3v) is 3.38. The Bertz CT molecular complexity index is 362. The van der Waals surface area contributed by atoms with Gasteiger partial charge in [-0.3, -0.25) is 0 Å². The first-order valence-corrected chi connectivity index (χ1v) is 4.59. The van der Waals surface area contributed by atoms with Gasteiger partial charge in [0, 0.05) is 17.4 Å². The molecule has 3 aliphatic rings. The van der Waals surface area contributed by atoms with Gasteiger partial charge in [0.25, 0.3) is 0 Å². The molecule has 13 heavy (non-hydrogen) atoms. The van der Waals surface area contributed by atoms with Crippen molar-refractivity contribution in [2.24, 2.45) is 23.7 Å². The van der Waals surface area contributed by atoms with E-state index in [0.29, 0.717) is 23.3 Å². The Morgan fingerprint density at radius 1 is 1.15 bits per heavy atom. The van der Waals surface area contributed by atoms with Gasteiger partial charge in [-0.25, -0.2) is 4.79 Å². The third kappa shape index (κ3) is 0.755. The van der Waals surface area contributed by atoms with Crippen LogP contribution in [0.25, 0.3) is 0 Å². The second kappa shape index (κ2) is 2.13. The predicted molar refractivity (Wildman–Crippen MR) is 48.0 cm³/mol. The fourth-order valence-electron chi connectivity index (χ4n) is 2.83. The van der Waals surface area contributed by atoms with Crippen molar-refractivity contribution in [2.75, 3.05) is 0 Å². The molecule has 4 atom stereocenters. The lowest BCUT2D eigenvalue weighted by molar-refractivity contribution is -0.133. The van der Waals surface area contributed by atoms with Crippen LogP contribution in [0.1, 0.15) is 0 Å². The molecule has 0 fully saturated rings. The highest BCUT2D eigenvalue weighted by molar-refractivity contribution is 5.89. The van der Waals surface area contributed by atoms with Crippen molar-refractivity contribution in [1.29, 1.82) is 0 Å². The number of carboxylic acids is 1. The van der Waals surface area contributed by atoms with Crippen molar-refractivity contribution < 1.29 is 9.90 Å². The van der Waals surface area contributed by atoms with E-state index in [-0.39, 0.29) is 5.92 Å². The highest BCUT2D eigenvalue weighted by atomic mass is 16.4. The van der Waals surface area contributed by atoms with Crippen LogP contribution in [0.4, 0.5) is 0 Å². The Balaban J connectivity index is 2.07. The second-order valence-electron chi connectivity index (χ2n) is 3.95. The zero-order valence-electron chi connectivity index (χ0n) is 7.05. The summed E-state index contributed by atoms with van der Waals surface area (Å²) in [7, 11) is 0. The Morgan fingerprint density at radius 2 is 1.85 bits per heavy atom. The molecule has 0 saturated heterocycles. The Labute approximate surface area is 76.3 Å². The molecule has 0 bridgehead atoms. The Hall–Kier alpha value is -1.31. The summed E-state index contributed by atoms with van der Waals surface area (Å²) in [6.07, 6.45) is 10.4. The van der Waals surface area contributed by atoms with Gasteiger partial charge < -0.3 is 5.11 Å². The van der Waals surface area contributed by atoms with Gasteiger partial charge in [-0.1, -0.05) is 30.4 Å². The summed E-state index contributed by atoms with van der Waals surface area (Å²) in [6, 6.07) is 0. The van der Waals surface area contributed by atoms with E-state index in [0.717, 1.165) is 0 Å². The summed E-state index contributed by atoms with van der Waals surface area (Å²) < 4.78 is 0. The Kier molecular flexibility index (Phi) is 1.17. The minimum absolute atomic E-state index is 0.169. The summed E-state index contributed by atoms with van der Waals surface area (Å²) in [4.78, 5) is 10.9. The number of allylic oxidation sites excluding steroid dienone is 5. The molecule has 0 spiro atoms. The maximum Gasteiger partial charge on any atom is 0.331 e. The zero-order chi connectivity index (χ0) is 9.00. The lowest BCUT2D eigenvalue weighted by Gasteiger charge is -2.15. The van der Waals surface area contributed by atoms with Crippen molar-refractivity contribution in [3.8, 4) is 0 Å². The average molecular weight is 174 g/mol. The van der Waals surface area contributed by atoms with E-state index in [2.05, 4.69) is 24.3 Å². The van der Waals surface area contributed by atoms with E-state index in [1.165, 1.54) is 0 Å². The predicted octanol–water partition coefficient (Wildman–Crippen LogP) is 1.62. The van der Waals surface area contributed by atoms with E-state index in [1.54, 1.807) is 0 Å². The number of carbonyl (C=O) groups is 1. The summed E-state index contributed by atoms with van der Waals surface area (Å²) in [5.41, 5.74) is 0.595. The van der Waals surface area contributed by atoms with Crippen molar-refractivity contribution in [3.05, 3.63) is 36.0 Å². The topological polar surface area (TPSA) is 37.3 Å². The van der Waals surface area contributed by atoms with E-state index >= 15 is 0 Å². The number of aliphatic carboxylic acids is 1. The van der Waals surface area contributed by atoms with Crippen LogP contribution in [-0.2, 0) is 4.79 Å². The zero-order valence-corrected chi connectivity index (χ0v) is 7.05. The van der Waals surface area contributed by atoms with Crippen molar-refractivity contribution in [2.45, 2.75) is 0 Å². The normalized spacial score (nSPS) is 43.8. The molecule has 0 aromatic rings. The van der Waals surface area contributed by atoms with Crippen molar-refractivity contribution in [1.82, 2.24) is 0 Å². The molecule has 2 nitrogen and oxygen atoms in total. The molecule has 0 amide bonds. The number of hydrogen-bond donors (Lipinski definition) is 1. The molecule has 0 heterocycles. The van der Waals surface area contributed by atoms with Crippen LogP contribution in [0.2, 0.25) is 0 Å². The third-order valence-electron chi connectivity index (χ3n) is 3.38. The van der Waals surface area contributed by atoms with Crippen molar-refractivity contribution in [3.63, 3.8) is 0 Å². The lowest BCUT2D eigenvalue weighted by atomic mass is 9.87. The van der Waals surface area contributed by atoms with Crippen LogP contribution in [0, 0.1) is 23.7 Å². The lowest BCUT2D eigenvalue weighted by Crippen LogP contribution is -2.15. The fourth-order valence-corrected chi connectivity index (χ4v) is 2.83. The maximum absolute atomic E-state index is 10.9. The van der Waals surface area contributed by atoms with E-state index in [4.69, 9.17) is 5.11 Å². The summed E-state index contributed by atoms with van der Waals surface area (Å²) >= 11 is 0. The van der Waals surface area contributed by atoms with E-state index in [1.807, 2.05) is 6.08 Å². The average Bonchev–Trinajstić information content (AvgIpc) is 2.72. The quantitative estimate of drug-likeness (QED) is 0.613. The van der Waals surface area contributed by atoms with Gasteiger partial charge in [-0.2, -0.15) is 0 Å². The van der Waals surface area contributed by atoms with E-state index in [9.17, 15) is 4.79 Å². The van der Waals surface area contributed by atoms with Gasteiger partial charge >= 0.3 is 5.97 Å². The molecule has 0 aromatic heterocycles. The minimum Gasteiger partial charge on any atom is -0.478 e. The highest BCUT2D eigenvalue weighted by Gasteiger charge is 2.45. The minimum atomic E-state index is -0.752. The maximum atomic E-state index is 10.9. The SMILES string of the molecule is O=C(O)C1=C[C@H]2C=C[C@H]3C=C[C@@H]1[C@@H]32. The van der Waals surface area contributed by atoms with Crippen LogP contribution < -0.4 is 0 Å². The first-order valence-electron chi connectivity index (χ1n) is 4.59. The van der Waals surface area contributed by atoms with Crippen LogP contribution in [-0.4, -0.2) is 11.1 Å². The highest BCUT2D eigenvalue weighted by Crippen LogP contribution is 2.50. The first-order chi connectivity index (χ1) is 6.27. The summed E-state index contributed by atoms with van der Waals surface area (Å²) in [5, 5.41) is 8.96. The molecule has 3 rings (SSSR count). The molecule has 0 unspecified atom stereocenters. The van der Waals surface area contributed by atoms with Crippen LogP contribution in [0.3, 0.4) is 0 Å². The first kappa shape index (κ1) is 7.13. The molecule has 0 radical (unpaired) electrons. The Morgan fingerprint density at radius 3 is 2.62 bits per heavy atom. The number of carboxylic acid groups (broad SMARTS) is 1. The number of hydrogen-bond acceptors (Lipinski definition) is 1. The molecule has 0 aromatic carbocycles. The molecular formula is C11H10O2. The molecular weight excluding hydrogens is 164 g/mol. The van der Waals surface area contributed by atoms with Gasteiger partial charge in [0.15, 0.2) is 0 Å². The van der Waals surface area contributed by atoms with Gasteiger partial charge in [0.05, 0.1) is 0 Å². The van der Waals surface area contributed by atoms with Crippen LogP contribution >= 0.6 is 0 Å². The van der Waals surface area contributed by atoms with Crippen LogP contribution in [0.15, 0.2) is 36.0 Å². The van der Waals surface area contributed by atoms with Crippen molar-refractivity contribution >= 4 is 5.97 Å². The largest absolute Gasteiger partial charge is 0.478 e. The van der Waals surface area contributed by atoms with Gasteiger partial charge in [0.2, 0.25) is 0 Å². The number of rotatable bonds is 1.